The Morgan fingerprint density at radius 2 is 1.84 bits per heavy atom. The lowest BCUT2D eigenvalue weighted by Crippen LogP contribution is -2.24. The number of ether oxygens (including phenoxy) is 2. The third kappa shape index (κ3) is 5.28. The summed E-state index contributed by atoms with van der Waals surface area (Å²) in [4.78, 5) is 39.8. The summed E-state index contributed by atoms with van der Waals surface area (Å²) in [7, 11) is 1.31. The summed E-state index contributed by atoms with van der Waals surface area (Å²) in [6.45, 7) is 5.33. The molecule has 0 bridgehead atoms. The molecule has 162 valence electrons. The van der Waals surface area contributed by atoms with Gasteiger partial charge in [-0.25, -0.2) is 9.59 Å². The first-order valence-electron chi connectivity index (χ1n) is 9.67. The van der Waals surface area contributed by atoms with Gasteiger partial charge in [0.2, 0.25) is 0 Å². The van der Waals surface area contributed by atoms with Crippen LogP contribution in [0.25, 0.3) is 10.9 Å². The van der Waals surface area contributed by atoms with Gasteiger partial charge < -0.3 is 14.6 Å². The van der Waals surface area contributed by atoms with Crippen LogP contribution in [0.2, 0.25) is 0 Å². The van der Waals surface area contributed by atoms with Crippen LogP contribution in [0.5, 0.6) is 0 Å². The molecule has 0 amide bonds. The van der Waals surface area contributed by atoms with Gasteiger partial charge in [0, 0.05) is 24.0 Å². The van der Waals surface area contributed by atoms with Crippen molar-refractivity contribution in [3.63, 3.8) is 0 Å². The average Bonchev–Trinajstić information content (AvgIpc) is 3.04. The maximum absolute atomic E-state index is 12.3. The van der Waals surface area contributed by atoms with E-state index in [1.807, 2.05) is 12.1 Å². The van der Waals surface area contributed by atoms with E-state index in [4.69, 9.17) is 9.47 Å². The smallest absolute Gasteiger partial charge is 0.416 e. The molecule has 0 aliphatic rings. The van der Waals surface area contributed by atoms with Crippen molar-refractivity contribution in [2.24, 2.45) is 0 Å². The van der Waals surface area contributed by atoms with E-state index in [9.17, 15) is 19.5 Å². The molecule has 0 saturated carbocycles. The molecule has 2 heterocycles. The van der Waals surface area contributed by atoms with Crippen molar-refractivity contribution in [3.8, 4) is 0 Å². The number of hydrogen-bond donors (Lipinski definition) is 1. The zero-order valence-corrected chi connectivity index (χ0v) is 17.8. The lowest BCUT2D eigenvalue weighted by Gasteiger charge is -2.19. The number of carboxylic acid groups (broad SMARTS) is 1. The molecule has 31 heavy (non-hydrogen) atoms. The van der Waals surface area contributed by atoms with Gasteiger partial charge in [-0.2, -0.15) is 0 Å². The number of carbonyl (C=O) groups is 3. The van der Waals surface area contributed by atoms with Crippen LogP contribution in [0, 0.1) is 0 Å². The summed E-state index contributed by atoms with van der Waals surface area (Å²) in [6, 6.07) is 7.06. The highest BCUT2D eigenvalue weighted by molar-refractivity contribution is 5.94. The topological polar surface area (TPSA) is 108 Å². The lowest BCUT2D eigenvalue weighted by molar-refractivity contribution is -0.153. The van der Waals surface area contributed by atoms with Crippen molar-refractivity contribution in [1.82, 2.24) is 9.55 Å². The Kier molecular flexibility index (Phi) is 6.10. The highest BCUT2D eigenvalue weighted by atomic mass is 16.6. The van der Waals surface area contributed by atoms with Gasteiger partial charge in [-0.1, -0.05) is 6.07 Å². The number of aromatic nitrogens is 2. The Labute approximate surface area is 179 Å². The SMILES string of the molecule is COC(=O)c1cncc(Cc2ccc3c(c2)c(CC(=O)OC(C)(C)C)cn3C(=O)O)c1. The van der Waals surface area contributed by atoms with Gasteiger partial charge in [0.25, 0.3) is 0 Å². The van der Waals surface area contributed by atoms with E-state index >= 15 is 0 Å². The molecule has 1 N–H and O–H groups in total. The third-order valence-electron chi connectivity index (χ3n) is 4.54. The molecule has 0 radical (unpaired) electrons. The predicted molar refractivity (Wildman–Crippen MR) is 113 cm³/mol. The van der Waals surface area contributed by atoms with Crippen molar-refractivity contribution in [3.05, 3.63) is 65.1 Å². The van der Waals surface area contributed by atoms with Gasteiger partial charge in [0.1, 0.15) is 5.60 Å². The fourth-order valence-corrected chi connectivity index (χ4v) is 3.34. The molecule has 3 aromatic rings. The van der Waals surface area contributed by atoms with E-state index in [2.05, 4.69) is 4.98 Å². The summed E-state index contributed by atoms with van der Waals surface area (Å²) < 4.78 is 11.2. The maximum atomic E-state index is 12.3. The number of benzene rings is 1. The van der Waals surface area contributed by atoms with Gasteiger partial charge in [0.05, 0.1) is 24.6 Å². The van der Waals surface area contributed by atoms with Crippen LogP contribution in [0.1, 0.15) is 47.8 Å². The average molecular weight is 424 g/mol. The van der Waals surface area contributed by atoms with Crippen molar-refractivity contribution < 1.29 is 29.0 Å². The van der Waals surface area contributed by atoms with Crippen molar-refractivity contribution in [1.29, 1.82) is 0 Å². The largest absolute Gasteiger partial charge is 0.465 e. The molecule has 0 atom stereocenters. The molecule has 0 fully saturated rings. The fourth-order valence-electron chi connectivity index (χ4n) is 3.34. The minimum absolute atomic E-state index is 0.0448. The quantitative estimate of drug-likeness (QED) is 0.620. The minimum atomic E-state index is -1.14. The van der Waals surface area contributed by atoms with E-state index in [-0.39, 0.29) is 6.42 Å². The van der Waals surface area contributed by atoms with E-state index in [0.717, 1.165) is 15.7 Å². The van der Waals surface area contributed by atoms with E-state index in [0.29, 0.717) is 28.5 Å². The number of esters is 2. The molecular weight excluding hydrogens is 400 g/mol. The second kappa shape index (κ2) is 8.59. The van der Waals surface area contributed by atoms with Crippen molar-refractivity contribution in [2.75, 3.05) is 7.11 Å². The van der Waals surface area contributed by atoms with Crippen LogP contribution in [-0.2, 0) is 27.1 Å². The van der Waals surface area contributed by atoms with Crippen LogP contribution in [0.3, 0.4) is 0 Å². The normalized spacial score (nSPS) is 11.4. The van der Waals surface area contributed by atoms with Gasteiger partial charge >= 0.3 is 18.0 Å². The maximum Gasteiger partial charge on any atom is 0.416 e. The second-order valence-electron chi connectivity index (χ2n) is 8.17. The lowest BCUT2D eigenvalue weighted by atomic mass is 10.0. The summed E-state index contributed by atoms with van der Waals surface area (Å²) >= 11 is 0. The third-order valence-corrected chi connectivity index (χ3v) is 4.54. The van der Waals surface area contributed by atoms with E-state index in [1.54, 1.807) is 39.1 Å². The van der Waals surface area contributed by atoms with E-state index in [1.165, 1.54) is 19.5 Å². The highest BCUT2D eigenvalue weighted by Crippen LogP contribution is 2.25. The molecule has 0 aliphatic carbocycles. The molecule has 8 nitrogen and oxygen atoms in total. The number of fused-ring (bicyclic) bond motifs is 1. The van der Waals surface area contributed by atoms with Gasteiger partial charge in [-0.15, -0.1) is 0 Å². The molecule has 8 heteroatoms. The van der Waals surface area contributed by atoms with Crippen LogP contribution in [0.15, 0.2) is 42.9 Å². The van der Waals surface area contributed by atoms with Crippen LogP contribution in [-0.4, -0.2) is 45.4 Å². The van der Waals surface area contributed by atoms with Crippen molar-refractivity contribution in [2.45, 2.75) is 39.2 Å². The molecule has 0 saturated heterocycles. The number of methoxy groups -OCH3 is 1. The van der Waals surface area contributed by atoms with Gasteiger partial charge in [0.15, 0.2) is 0 Å². The number of rotatable bonds is 5. The molecular formula is C23H24N2O6. The van der Waals surface area contributed by atoms with Gasteiger partial charge in [-0.05, 0) is 62.1 Å². The Morgan fingerprint density at radius 3 is 2.48 bits per heavy atom. The Balaban J connectivity index is 1.96. The minimum Gasteiger partial charge on any atom is -0.465 e. The highest BCUT2D eigenvalue weighted by Gasteiger charge is 2.20. The molecule has 0 aliphatic heterocycles. The Hall–Kier alpha value is -3.68. The summed E-state index contributed by atoms with van der Waals surface area (Å²) in [5.41, 5.74) is 2.44. The number of nitrogens with zero attached hydrogens (tertiary/aromatic N) is 2. The number of carbonyl (C=O) groups excluding carboxylic acids is 2. The summed E-state index contributed by atoms with van der Waals surface area (Å²) in [5, 5.41) is 10.2. The zero-order chi connectivity index (χ0) is 22.8. The van der Waals surface area contributed by atoms with Crippen LogP contribution < -0.4 is 0 Å². The first kappa shape index (κ1) is 22.0. The molecule has 3 rings (SSSR count). The fraction of sp³-hybridized carbons (Fsp3) is 0.304. The summed E-state index contributed by atoms with van der Waals surface area (Å²) in [6.07, 6.45) is 3.82. The molecule has 0 spiro atoms. The second-order valence-corrected chi connectivity index (χ2v) is 8.17. The number of pyridine rings is 1. The number of hydrogen-bond acceptors (Lipinski definition) is 6. The monoisotopic (exact) mass is 424 g/mol. The van der Waals surface area contributed by atoms with Crippen LogP contribution in [0.4, 0.5) is 4.79 Å². The standard InChI is InChI=1S/C23H24N2O6/c1-23(2,3)31-20(26)10-17-13-25(22(28)29)19-6-5-14(9-18(17)19)7-15-8-16(12-24-11-15)21(27)30-4/h5-6,8-9,11-13H,7,10H2,1-4H3,(H,28,29). The first-order chi connectivity index (χ1) is 14.6. The first-order valence-corrected chi connectivity index (χ1v) is 9.67. The molecule has 2 aromatic heterocycles. The Bertz CT molecular complexity index is 1160. The van der Waals surface area contributed by atoms with Crippen molar-refractivity contribution >= 4 is 28.9 Å². The van der Waals surface area contributed by atoms with Gasteiger partial charge in [-0.3, -0.25) is 14.3 Å². The predicted octanol–water partition coefficient (Wildman–Crippen LogP) is 3.82. The molecule has 0 unspecified atom stereocenters. The van der Waals surface area contributed by atoms with E-state index < -0.39 is 23.6 Å². The molecule has 1 aromatic carbocycles. The summed E-state index contributed by atoms with van der Waals surface area (Å²) in [5.74, 6) is -0.902. The van der Waals surface area contributed by atoms with Crippen LogP contribution >= 0.6 is 0 Å². The Morgan fingerprint density at radius 1 is 1.10 bits per heavy atom. The zero-order valence-electron chi connectivity index (χ0n) is 17.8.